The molecule has 2 fully saturated rings. The van der Waals surface area contributed by atoms with E-state index in [0.29, 0.717) is 6.04 Å². The summed E-state index contributed by atoms with van der Waals surface area (Å²) < 4.78 is 0. The van der Waals surface area contributed by atoms with Gasteiger partial charge >= 0.3 is 0 Å². The number of hydrogen-bond acceptors (Lipinski definition) is 2. The summed E-state index contributed by atoms with van der Waals surface area (Å²) >= 11 is 0. The van der Waals surface area contributed by atoms with Crippen molar-refractivity contribution >= 4 is 5.69 Å². The topological polar surface area (TPSA) is 15.3 Å². The van der Waals surface area contributed by atoms with Crippen molar-refractivity contribution in [3.05, 3.63) is 29.3 Å². The highest BCUT2D eigenvalue weighted by atomic mass is 15.2. The van der Waals surface area contributed by atoms with Crippen molar-refractivity contribution in [1.29, 1.82) is 0 Å². The first kappa shape index (κ1) is 12.0. The van der Waals surface area contributed by atoms with E-state index in [1.807, 2.05) is 0 Å². The largest absolute Gasteiger partial charge is 0.381 e. The quantitative estimate of drug-likeness (QED) is 0.875. The maximum absolute atomic E-state index is 3.70. The second-order valence-corrected chi connectivity index (χ2v) is 5.85. The second-order valence-electron chi connectivity index (χ2n) is 5.85. The van der Waals surface area contributed by atoms with Crippen LogP contribution in [0.1, 0.15) is 37.3 Å². The zero-order valence-corrected chi connectivity index (χ0v) is 11.6. The highest BCUT2D eigenvalue weighted by Gasteiger charge is 2.34. The van der Waals surface area contributed by atoms with E-state index >= 15 is 0 Å². The van der Waals surface area contributed by atoms with Gasteiger partial charge in [-0.1, -0.05) is 13.0 Å². The summed E-state index contributed by atoms with van der Waals surface area (Å²) in [5.74, 6) is 0. The van der Waals surface area contributed by atoms with Gasteiger partial charge in [-0.3, -0.25) is 4.90 Å². The molecule has 1 saturated heterocycles. The van der Waals surface area contributed by atoms with Gasteiger partial charge in [0.15, 0.2) is 0 Å². The van der Waals surface area contributed by atoms with Crippen molar-refractivity contribution in [2.45, 2.75) is 51.6 Å². The monoisotopic (exact) mass is 244 g/mol. The second kappa shape index (κ2) is 4.93. The third kappa shape index (κ3) is 2.54. The molecule has 0 bridgehead atoms. The molecule has 1 aliphatic carbocycles. The molecule has 1 N–H and O–H groups in total. The molecule has 1 aliphatic heterocycles. The molecule has 1 aromatic carbocycles. The van der Waals surface area contributed by atoms with Gasteiger partial charge < -0.3 is 5.32 Å². The molecule has 3 rings (SSSR count). The van der Waals surface area contributed by atoms with Crippen LogP contribution in [-0.4, -0.2) is 30.1 Å². The zero-order valence-electron chi connectivity index (χ0n) is 11.6. The lowest BCUT2D eigenvalue weighted by Gasteiger charge is -2.17. The Morgan fingerprint density at radius 2 is 2.11 bits per heavy atom. The van der Waals surface area contributed by atoms with Crippen LogP contribution in [0, 0.1) is 6.92 Å². The van der Waals surface area contributed by atoms with Gasteiger partial charge in [-0.2, -0.15) is 0 Å². The molecule has 1 atom stereocenters. The molecule has 2 nitrogen and oxygen atoms in total. The Labute approximate surface area is 110 Å². The smallest absolute Gasteiger partial charge is 0.0400 e. The van der Waals surface area contributed by atoms with Gasteiger partial charge in [-0.25, -0.2) is 0 Å². The predicted octanol–water partition coefficient (Wildman–Crippen LogP) is 3.21. The summed E-state index contributed by atoms with van der Waals surface area (Å²) in [5.41, 5.74) is 4.18. The Balaban J connectivity index is 1.60. The van der Waals surface area contributed by atoms with Crippen LogP contribution < -0.4 is 5.32 Å². The van der Waals surface area contributed by atoms with Crippen LogP contribution in [0.3, 0.4) is 0 Å². The van der Waals surface area contributed by atoms with Crippen molar-refractivity contribution in [1.82, 2.24) is 4.90 Å². The number of anilines is 1. The van der Waals surface area contributed by atoms with Crippen LogP contribution in [0.5, 0.6) is 0 Å². The Morgan fingerprint density at radius 3 is 2.78 bits per heavy atom. The number of benzene rings is 1. The fourth-order valence-corrected chi connectivity index (χ4v) is 3.09. The van der Waals surface area contributed by atoms with Gasteiger partial charge in [0.05, 0.1) is 0 Å². The number of nitrogens with zero attached hydrogens (tertiary/aromatic N) is 1. The standard InChI is InChI=1S/C16H24N2/c1-3-13-4-5-14(10-12(13)2)17-15-8-9-18(11-15)16-6-7-16/h4-5,10,15-17H,3,6-9,11H2,1-2H3. The summed E-state index contributed by atoms with van der Waals surface area (Å²) in [7, 11) is 0. The number of hydrogen-bond donors (Lipinski definition) is 1. The van der Waals surface area contributed by atoms with Gasteiger partial charge in [0, 0.05) is 30.9 Å². The molecule has 1 aromatic rings. The third-order valence-corrected chi connectivity index (χ3v) is 4.38. The highest BCUT2D eigenvalue weighted by molar-refractivity contribution is 5.49. The summed E-state index contributed by atoms with van der Waals surface area (Å²) in [4.78, 5) is 2.66. The minimum atomic E-state index is 0.650. The molecule has 1 heterocycles. The van der Waals surface area contributed by atoms with Gasteiger partial charge in [-0.05, 0) is 55.9 Å². The lowest BCUT2D eigenvalue weighted by Crippen LogP contribution is -2.27. The number of likely N-dealkylation sites (tertiary alicyclic amines) is 1. The molecular weight excluding hydrogens is 220 g/mol. The molecule has 18 heavy (non-hydrogen) atoms. The van der Waals surface area contributed by atoms with Gasteiger partial charge in [0.2, 0.25) is 0 Å². The van der Waals surface area contributed by atoms with E-state index < -0.39 is 0 Å². The van der Waals surface area contributed by atoms with E-state index in [-0.39, 0.29) is 0 Å². The summed E-state index contributed by atoms with van der Waals surface area (Å²) in [6.45, 7) is 6.96. The van der Waals surface area contributed by atoms with Gasteiger partial charge in [0.1, 0.15) is 0 Å². The Morgan fingerprint density at radius 1 is 1.28 bits per heavy atom. The van der Waals surface area contributed by atoms with E-state index in [1.165, 1.54) is 49.2 Å². The molecule has 0 spiro atoms. The molecule has 0 aromatic heterocycles. The first-order valence-corrected chi connectivity index (χ1v) is 7.36. The van der Waals surface area contributed by atoms with E-state index in [9.17, 15) is 0 Å². The SMILES string of the molecule is CCc1ccc(NC2CCN(C3CC3)C2)cc1C. The minimum Gasteiger partial charge on any atom is -0.381 e. The van der Waals surface area contributed by atoms with Crippen LogP contribution >= 0.6 is 0 Å². The third-order valence-electron chi connectivity index (χ3n) is 4.38. The van der Waals surface area contributed by atoms with Crippen LogP contribution in [0.4, 0.5) is 5.69 Å². The van der Waals surface area contributed by atoms with Crippen LogP contribution in [0.25, 0.3) is 0 Å². The van der Waals surface area contributed by atoms with Crippen LogP contribution in [0.2, 0.25) is 0 Å². The van der Waals surface area contributed by atoms with Crippen molar-refractivity contribution in [3.63, 3.8) is 0 Å². The number of rotatable bonds is 4. The fourth-order valence-electron chi connectivity index (χ4n) is 3.09. The van der Waals surface area contributed by atoms with Crippen LogP contribution in [-0.2, 0) is 6.42 Å². The van der Waals surface area contributed by atoms with E-state index in [4.69, 9.17) is 0 Å². The average Bonchev–Trinajstić information content (AvgIpc) is 3.11. The normalized spacial score (nSPS) is 24.4. The minimum absolute atomic E-state index is 0.650. The summed E-state index contributed by atoms with van der Waals surface area (Å²) in [6, 6.07) is 8.38. The molecule has 0 radical (unpaired) electrons. The molecular formula is C16H24N2. The molecule has 98 valence electrons. The Kier molecular flexibility index (Phi) is 3.29. The van der Waals surface area contributed by atoms with Crippen LogP contribution in [0.15, 0.2) is 18.2 Å². The lowest BCUT2D eigenvalue weighted by molar-refractivity contribution is 0.326. The zero-order chi connectivity index (χ0) is 12.5. The molecule has 2 heteroatoms. The van der Waals surface area contributed by atoms with Crippen molar-refractivity contribution in [2.75, 3.05) is 18.4 Å². The molecule has 1 unspecified atom stereocenters. The maximum Gasteiger partial charge on any atom is 0.0400 e. The van der Waals surface area contributed by atoms with Gasteiger partial charge in [-0.15, -0.1) is 0 Å². The number of aryl methyl sites for hydroxylation is 2. The predicted molar refractivity (Wildman–Crippen MR) is 77.2 cm³/mol. The summed E-state index contributed by atoms with van der Waals surface area (Å²) in [6.07, 6.45) is 5.28. The Hall–Kier alpha value is -1.02. The van der Waals surface area contributed by atoms with E-state index in [1.54, 1.807) is 0 Å². The van der Waals surface area contributed by atoms with E-state index in [2.05, 4.69) is 42.3 Å². The Bertz CT molecular complexity index is 423. The fraction of sp³-hybridized carbons (Fsp3) is 0.625. The van der Waals surface area contributed by atoms with Crippen molar-refractivity contribution in [3.8, 4) is 0 Å². The maximum atomic E-state index is 3.70. The van der Waals surface area contributed by atoms with Gasteiger partial charge in [0.25, 0.3) is 0 Å². The van der Waals surface area contributed by atoms with Crippen molar-refractivity contribution in [2.24, 2.45) is 0 Å². The average molecular weight is 244 g/mol. The first-order valence-electron chi connectivity index (χ1n) is 7.36. The first-order chi connectivity index (χ1) is 8.76. The highest BCUT2D eigenvalue weighted by Crippen LogP contribution is 2.30. The number of nitrogens with one attached hydrogen (secondary N) is 1. The van der Waals surface area contributed by atoms with Crippen molar-refractivity contribution < 1.29 is 0 Å². The summed E-state index contributed by atoms with van der Waals surface area (Å²) in [5, 5.41) is 3.70. The molecule has 2 aliphatic rings. The molecule has 0 amide bonds. The molecule has 1 saturated carbocycles. The lowest BCUT2D eigenvalue weighted by atomic mass is 10.1. The van der Waals surface area contributed by atoms with E-state index in [0.717, 1.165) is 12.5 Å².